The van der Waals surface area contributed by atoms with Crippen molar-refractivity contribution in [1.82, 2.24) is 9.97 Å². The number of nitrogen functional groups attached to an aromatic ring is 1. The third-order valence-corrected chi connectivity index (χ3v) is 2.94. The van der Waals surface area contributed by atoms with Crippen molar-refractivity contribution in [2.75, 3.05) is 5.73 Å². The van der Waals surface area contributed by atoms with Crippen LogP contribution in [0.1, 0.15) is 25.0 Å². The number of anilines is 1. The van der Waals surface area contributed by atoms with E-state index < -0.39 is 0 Å². The molecule has 0 bridgehead atoms. The Labute approximate surface area is 102 Å². The van der Waals surface area contributed by atoms with Crippen LogP contribution in [0.25, 0.3) is 11.3 Å². The maximum absolute atomic E-state index is 5.89. The molecular weight excluding hydrogens is 210 g/mol. The molecule has 2 rings (SSSR count). The summed E-state index contributed by atoms with van der Waals surface area (Å²) in [7, 11) is 0. The van der Waals surface area contributed by atoms with Gasteiger partial charge in [-0.25, -0.2) is 9.97 Å². The second-order valence-corrected chi connectivity index (χ2v) is 3.99. The molecule has 0 fully saturated rings. The van der Waals surface area contributed by atoms with Gasteiger partial charge in [0.15, 0.2) is 0 Å². The molecule has 0 unspecified atom stereocenters. The second kappa shape index (κ2) is 4.95. The Bertz CT molecular complexity index is 521. The molecule has 0 amide bonds. The van der Waals surface area contributed by atoms with Crippen LogP contribution in [0.2, 0.25) is 0 Å². The molecule has 0 saturated heterocycles. The zero-order valence-electron chi connectivity index (χ0n) is 10.3. The van der Waals surface area contributed by atoms with Crippen LogP contribution < -0.4 is 5.73 Å². The lowest BCUT2D eigenvalue weighted by Gasteiger charge is -2.09. The lowest BCUT2D eigenvalue weighted by Crippen LogP contribution is -2.01. The number of nitrogens with two attached hydrogens (primary N) is 1. The van der Waals surface area contributed by atoms with E-state index in [0.29, 0.717) is 5.82 Å². The molecule has 0 radical (unpaired) electrons. The van der Waals surface area contributed by atoms with Crippen molar-refractivity contribution in [2.24, 2.45) is 0 Å². The van der Waals surface area contributed by atoms with Gasteiger partial charge in [-0.3, -0.25) is 0 Å². The number of nitrogens with zero attached hydrogens (tertiary/aromatic N) is 2. The molecule has 0 atom stereocenters. The average molecular weight is 227 g/mol. The quantitative estimate of drug-likeness (QED) is 0.877. The Morgan fingerprint density at radius 2 is 1.94 bits per heavy atom. The first-order chi connectivity index (χ1) is 8.26. The molecule has 3 nitrogen and oxygen atoms in total. The Hall–Kier alpha value is -1.90. The van der Waals surface area contributed by atoms with E-state index in [0.717, 1.165) is 29.7 Å². The van der Waals surface area contributed by atoms with Crippen LogP contribution >= 0.6 is 0 Å². The van der Waals surface area contributed by atoms with Crippen LogP contribution in [0.15, 0.2) is 30.6 Å². The fourth-order valence-electron chi connectivity index (χ4n) is 1.96. The van der Waals surface area contributed by atoms with Crippen molar-refractivity contribution in [3.8, 4) is 11.3 Å². The summed E-state index contributed by atoms with van der Waals surface area (Å²) in [5.41, 5.74) is 10.3. The van der Waals surface area contributed by atoms with E-state index in [-0.39, 0.29) is 0 Å². The van der Waals surface area contributed by atoms with E-state index in [1.807, 2.05) is 0 Å². The van der Waals surface area contributed by atoms with E-state index >= 15 is 0 Å². The van der Waals surface area contributed by atoms with E-state index in [1.54, 1.807) is 0 Å². The van der Waals surface area contributed by atoms with Gasteiger partial charge in [-0.2, -0.15) is 0 Å². The van der Waals surface area contributed by atoms with Crippen molar-refractivity contribution in [1.29, 1.82) is 0 Å². The fraction of sp³-hybridized carbons (Fsp3) is 0.286. The first-order valence-electron chi connectivity index (χ1n) is 5.94. The standard InChI is InChI=1S/C14H17N3/c1-3-10-6-5-7-11(8-10)13-12(4-2)14(15)17-9-16-13/h5-9H,3-4H2,1-2H3,(H2,15,16,17). The third-order valence-electron chi connectivity index (χ3n) is 2.94. The highest BCUT2D eigenvalue weighted by molar-refractivity contribution is 5.67. The predicted molar refractivity (Wildman–Crippen MR) is 70.6 cm³/mol. The first kappa shape index (κ1) is 11.6. The summed E-state index contributed by atoms with van der Waals surface area (Å²) in [5, 5.41) is 0. The van der Waals surface area contributed by atoms with Gasteiger partial charge in [0, 0.05) is 11.1 Å². The largest absolute Gasteiger partial charge is 0.383 e. The zero-order chi connectivity index (χ0) is 12.3. The molecule has 17 heavy (non-hydrogen) atoms. The molecule has 0 spiro atoms. The molecule has 0 aliphatic heterocycles. The van der Waals surface area contributed by atoms with Gasteiger partial charge in [-0.15, -0.1) is 0 Å². The van der Waals surface area contributed by atoms with Crippen molar-refractivity contribution in [3.63, 3.8) is 0 Å². The number of hydrogen-bond donors (Lipinski definition) is 1. The van der Waals surface area contributed by atoms with Gasteiger partial charge in [0.05, 0.1) is 5.69 Å². The smallest absolute Gasteiger partial charge is 0.130 e. The summed E-state index contributed by atoms with van der Waals surface area (Å²) in [6.45, 7) is 4.22. The van der Waals surface area contributed by atoms with Crippen LogP contribution in [0.3, 0.4) is 0 Å². The van der Waals surface area contributed by atoms with E-state index in [4.69, 9.17) is 5.73 Å². The Morgan fingerprint density at radius 3 is 2.65 bits per heavy atom. The number of aryl methyl sites for hydroxylation is 1. The van der Waals surface area contributed by atoms with Crippen molar-refractivity contribution in [2.45, 2.75) is 26.7 Å². The summed E-state index contributed by atoms with van der Waals surface area (Å²) >= 11 is 0. The van der Waals surface area contributed by atoms with Gasteiger partial charge in [0.2, 0.25) is 0 Å². The van der Waals surface area contributed by atoms with E-state index in [9.17, 15) is 0 Å². The zero-order valence-corrected chi connectivity index (χ0v) is 10.3. The first-order valence-corrected chi connectivity index (χ1v) is 5.94. The summed E-state index contributed by atoms with van der Waals surface area (Å²) < 4.78 is 0. The molecule has 3 heteroatoms. The highest BCUT2D eigenvalue weighted by Crippen LogP contribution is 2.25. The van der Waals surface area contributed by atoms with Crippen LogP contribution in [-0.4, -0.2) is 9.97 Å². The number of benzene rings is 1. The molecule has 1 heterocycles. The van der Waals surface area contributed by atoms with Crippen molar-refractivity contribution >= 4 is 5.82 Å². The lowest BCUT2D eigenvalue weighted by molar-refractivity contribution is 1.06. The Morgan fingerprint density at radius 1 is 1.12 bits per heavy atom. The molecule has 1 aromatic heterocycles. The molecule has 88 valence electrons. The molecule has 0 aliphatic carbocycles. The van der Waals surface area contributed by atoms with Gasteiger partial charge >= 0.3 is 0 Å². The number of rotatable bonds is 3. The van der Waals surface area contributed by atoms with E-state index in [2.05, 4.69) is 48.1 Å². The summed E-state index contributed by atoms with van der Waals surface area (Å²) in [4.78, 5) is 8.41. The normalized spacial score (nSPS) is 10.5. The summed E-state index contributed by atoms with van der Waals surface area (Å²) in [6, 6.07) is 8.42. The SMILES string of the molecule is CCc1cccc(-c2ncnc(N)c2CC)c1. The summed E-state index contributed by atoms with van der Waals surface area (Å²) in [6.07, 6.45) is 3.40. The average Bonchev–Trinajstić information content (AvgIpc) is 2.38. The molecule has 2 aromatic rings. The maximum Gasteiger partial charge on any atom is 0.130 e. The van der Waals surface area contributed by atoms with Gasteiger partial charge in [-0.1, -0.05) is 32.0 Å². The maximum atomic E-state index is 5.89. The van der Waals surface area contributed by atoms with Crippen molar-refractivity contribution < 1.29 is 0 Å². The number of aromatic nitrogens is 2. The molecule has 0 aliphatic rings. The molecule has 0 saturated carbocycles. The van der Waals surface area contributed by atoms with Gasteiger partial charge in [0.1, 0.15) is 12.1 Å². The minimum absolute atomic E-state index is 0.583. The van der Waals surface area contributed by atoms with Crippen LogP contribution in [0.4, 0.5) is 5.82 Å². The number of hydrogen-bond acceptors (Lipinski definition) is 3. The Balaban J connectivity index is 2.55. The summed E-state index contributed by atoms with van der Waals surface area (Å²) in [5.74, 6) is 0.583. The minimum Gasteiger partial charge on any atom is -0.383 e. The van der Waals surface area contributed by atoms with Crippen molar-refractivity contribution in [3.05, 3.63) is 41.7 Å². The van der Waals surface area contributed by atoms with Gasteiger partial charge in [-0.05, 0) is 24.5 Å². The van der Waals surface area contributed by atoms with Crippen LogP contribution in [0.5, 0.6) is 0 Å². The van der Waals surface area contributed by atoms with Gasteiger partial charge in [0.25, 0.3) is 0 Å². The third kappa shape index (κ3) is 2.28. The minimum atomic E-state index is 0.583. The predicted octanol–water partition coefficient (Wildman–Crippen LogP) is 2.85. The van der Waals surface area contributed by atoms with Crippen LogP contribution in [-0.2, 0) is 12.8 Å². The van der Waals surface area contributed by atoms with Crippen LogP contribution in [0, 0.1) is 0 Å². The van der Waals surface area contributed by atoms with Gasteiger partial charge < -0.3 is 5.73 Å². The second-order valence-electron chi connectivity index (χ2n) is 3.99. The monoisotopic (exact) mass is 227 g/mol. The fourth-order valence-corrected chi connectivity index (χ4v) is 1.96. The van der Waals surface area contributed by atoms with E-state index in [1.165, 1.54) is 11.9 Å². The highest BCUT2D eigenvalue weighted by Gasteiger charge is 2.09. The highest BCUT2D eigenvalue weighted by atomic mass is 14.9. The molecule has 2 N–H and O–H groups in total. The molecule has 1 aromatic carbocycles. The topological polar surface area (TPSA) is 51.8 Å². The molecular formula is C14H17N3. The Kier molecular flexibility index (Phi) is 3.38. The lowest BCUT2D eigenvalue weighted by atomic mass is 10.0.